The van der Waals surface area contributed by atoms with E-state index >= 15 is 0 Å². The Kier molecular flexibility index (Phi) is 7.55. The van der Waals surface area contributed by atoms with Crippen molar-refractivity contribution >= 4 is 29.5 Å². The average molecular weight is 236 g/mol. The van der Waals surface area contributed by atoms with Crippen LogP contribution in [0.15, 0.2) is 0 Å². The van der Waals surface area contributed by atoms with Gasteiger partial charge in [0.15, 0.2) is 4.08 Å². The fourth-order valence-corrected chi connectivity index (χ4v) is 3.53. The minimum Gasteiger partial charge on any atom is -0.464 e. The van der Waals surface area contributed by atoms with Crippen LogP contribution in [-0.4, -0.2) is 28.2 Å². The third-order valence-electron chi connectivity index (χ3n) is 1.65. The Morgan fingerprint density at radius 2 is 1.71 bits per heavy atom. The van der Waals surface area contributed by atoms with Gasteiger partial charge in [-0.1, -0.05) is 20.8 Å². The fourth-order valence-electron chi connectivity index (χ4n) is 1.04. The van der Waals surface area contributed by atoms with E-state index in [0.29, 0.717) is 6.61 Å². The second kappa shape index (κ2) is 7.46. The van der Waals surface area contributed by atoms with E-state index in [1.807, 2.05) is 13.8 Å². The summed E-state index contributed by atoms with van der Waals surface area (Å²) < 4.78 is 4.76. The standard InChI is InChI=1S/C10H20O2S2/c1-5-8-12-9(11)10(4,13-6-2)14-7-3/h5-8H2,1-4H3. The molecule has 0 aliphatic heterocycles. The van der Waals surface area contributed by atoms with Gasteiger partial charge in [0.25, 0.3) is 0 Å². The van der Waals surface area contributed by atoms with E-state index in [0.717, 1.165) is 17.9 Å². The largest absolute Gasteiger partial charge is 0.464 e. The first-order valence-corrected chi connectivity index (χ1v) is 7.03. The average Bonchev–Trinajstić information content (AvgIpc) is 2.15. The first-order chi connectivity index (χ1) is 6.60. The Bertz CT molecular complexity index is 166. The van der Waals surface area contributed by atoms with Crippen molar-refractivity contribution in [2.75, 3.05) is 18.1 Å². The van der Waals surface area contributed by atoms with E-state index in [1.54, 1.807) is 23.5 Å². The van der Waals surface area contributed by atoms with E-state index < -0.39 is 4.08 Å². The van der Waals surface area contributed by atoms with Crippen LogP contribution in [0.25, 0.3) is 0 Å². The van der Waals surface area contributed by atoms with Gasteiger partial charge in [-0.15, -0.1) is 23.5 Å². The number of hydrogen-bond acceptors (Lipinski definition) is 4. The van der Waals surface area contributed by atoms with Crippen LogP contribution in [0.1, 0.15) is 34.1 Å². The molecule has 14 heavy (non-hydrogen) atoms. The highest BCUT2D eigenvalue weighted by molar-refractivity contribution is 8.19. The fraction of sp³-hybridized carbons (Fsp3) is 0.900. The Hall–Kier alpha value is 0.170. The van der Waals surface area contributed by atoms with Crippen LogP contribution < -0.4 is 0 Å². The van der Waals surface area contributed by atoms with Crippen molar-refractivity contribution in [1.82, 2.24) is 0 Å². The lowest BCUT2D eigenvalue weighted by molar-refractivity contribution is -0.143. The number of ether oxygens (including phenoxy) is 1. The number of hydrogen-bond donors (Lipinski definition) is 0. The van der Waals surface area contributed by atoms with E-state index in [4.69, 9.17) is 4.74 Å². The minimum atomic E-state index is -0.418. The summed E-state index contributed by atoms with van der Waals surface area (Å²) in [6, 6.07) is 0. The highest BCUT2D eigenvalue weighted by atomic mass is 32.2. The summed E-state index contributed by atoms with van der Waals surface area (Å²) in [6.45, 7) is 8.61. The van der Waals surface area contributed by atoms with Gasteiger partial charge in [0.05, 0.1) is 6.61 Å². The molecule has 2 nitrogen and oxygen atoms in total. The number of esters is 1. The molecular formula is C10H20O2S2. The van der Waals surface area contributed by atoms with Crippen molar-refractivity contribution in [3.63, 3.8) is 0 Å². The molecule has 0 aromatic rings. The zero-order chi connectivity index (χ0) is 11.0. The highest BCUT2D eigenvalue weighted by Gasteiger charge is 2.34. The second-order valence-electron chi connectivity index (χ2n) is 2.95. The maximum absolute atomic E-state index is 11.7. The summed E-state index contributed by atoms with van der Waals surface area (Å²) in [6.07, 6.45) is 0.884. The number of carbonyl (C=O) groups excluding carboxylic acids is 1. The maximum atomic E-state index is 11.7. The van der Waals surface area contributed by atoms with Crippen molar-refractivity contribution in [3.8, 4) is 0 Å². The lowest BCUT2D eigenvalue weighted by Crippen LogP contribution is -2.31. The SMILES string of the molecule is CCCOC(=O)C(C)(SCC)SCC. The normalized spacial score (nSPS) is 11.4. The van der Waals surface area contributed by atoms with Crippen molar-refractivity contribution in [2.45, 2.75) is 38.2 Å². The molecule has 0 heterocycles. The molecule has 0 N–H and O–H groups in total. The van der Waals surface area contributed by atoms with Crippen molar-refractivity contribution in [2.24, 2.45) is 0 Å². The van der Waals surface area contributed by atoms with Crippen LogP contribution >= 0.6 is 23.5 Å². The molecule has 0 aliphatic carbocycles. The lowest BCUT2D eigenvalue weighted by Gasteiger charge is -2.25. The molecule has 0 radical (unpaired) electrons. The molecule has 84 valence electrons. The zero-order valence-corrected chi connectivity index (χ0v) is 11.1. The maximum Gasteiger partial charge on any atom is 0.332 e. The summed E-state index contributed by atoms with van der Waals surface area (Å²) in [5, 5.41) is 0. The molecule has 0 saturated carbocycles. The first-order valence-electron chi connectivity index (χ1n) is 5.05. The van der Waals surface area contributed by atoms with Crippen LogP contribution in [0.4, 0.5) is 0 Å². The van der Waals surface area contributed by atoms with Crippen molar-refractivity contribution < 1.29 is 9.53 Å². The van der Waals surface area contributed by atoms with Gasteiger partial charge in [-0.25, -0.2) is 4.79 Å². The summed E-state index contributed by atoms with van der Waals surface area (Å²) in [4.78, 5) is 11.7. The van der Waals surface area contributed by atoms with Crippen molar-refractivity contribution in [1.29, 1.82) is 0 Å². The molecule has 0 bridgehead atoms. The third kappa shape index (κ3) is 4.60. The van der Waals surface area contributed by atoms with E-state index in [9.17, 15) is 4.79 Å². The molecule has 0 atom stereocenters. The Balaban J connectivity index is 4.23. The van der Waals surface area contributed by atoms with Gasteiger partial charge in [-0.3, -0.25) is 0 Å². The van der Waals surface area contributed by atoms with Crippen LogP contribution in [0.5, 0.6) is 0 Å². The van der Waals surface area contributed by atoms with Gasteiger partial charge in [0.2, 0.25) is 0 Å². The lowest BCUT2D eigenvalue weighted by atomic mass is 10.4. The second-order valence-corrected chi connectivity index (χ2v) is 6.57. The van der Waals surface area contributed by atoms with Crippen LogP contribution in [0.3, 0.4) is 0 Å². The molecule has 0 fully saturated rings. The molecule has 0 aromatic heterocycles. The van der Waals surface area contributed by atoms with Gasteiger partial charge < -0.3 is 4.74 Å². The Labute approximate surface area is 95.5 Å². The van der Waals surface area contributed by atoms with E-state index in [-0.39, 0.29) is 5.97 Å². The molecule has 0 aliphatic rings. The molecular weight excluding hydrogens is 216 g/mol. The first kappa shape index (κ1) is 14.2. The molecule has 0 rings (SSSR count). The van der Waals surface area contributed by atoms with Gasteiger partial charge in [0, 0.05) is 0 Å². The summed E-state index contributed by atoms with van der Waals surface area (Å²) in [5.41, 5.74) is 0. The summed E-state index contributed by atoms with van der Waals surface area (Å²) in [7, 11) is 0. The van der Waals surface area contributed by atoms with E-state index in [2.05, 4.69) is 13.8 Å². The van der Waals surface area contributed by atoms with Gasteiger partial charge >= 0.3 is 5.97 Å². The molecule has 0 amide bonds. The minimum absolute atomic E-state index is 0.0851. The number of carbonyl (C=O) groups is 1. The summed E-state index contributed by atoms with van der Waals surface area (Å²) >= 11 is 3.30. The van der Waals surface area contributed by atoms with Crippen LogP contribution in [0, 0.1) is 0 Å². The van der Waals surface area contributed by atoms with Gasteiger partial charge in [-0.05, 0) is 24.9 Å². The topological polar surface area (TPSA) is 26.3 Å². The number of rotatable bonds is 7. The highest BCUT2D eigenvalue weighted by Crippen LogP contribution is 2.37. The molecule has 0 unspecified atom stereocenters. The molecule has 0 aromatic carbocycles. The molecule has 0 spiro atoms. The zero-order valence-electron chi connectivity index (χ0n) is 9.46. The monoisotopic (exact) mass is 236 g/mol. The van der Waals surface area contributed by atoms with E-state index in [1.165, 1.54) is 0 Å². The predicted octanol–water partition coefficient (Wildman–Crippen LogP) is 3.16. The van der Waals surface area contributed by atoms with Crippen LogP contribution in [0.2, 0.25) is 0 Å². The third-order valence-corrected chi connectivity index (χ3v) is 4.37. The van der Waals surface area contributed by atoms with Gasteiger partial charge in [-0.2, -0.15) is 0 Å². The Morgan fingerprint density at radius 3 is 2.07 bits per heavy atom. The van der Waals surface area contributed by atoms with Crippen molar-refractivity contribution in [3.05, 3.63) is 0 Å². The quantitative estimate of drug-likeness (QED) is 0.501. The summed E-state index contributed by atoms with van der Waals surface area (Å²) in [5.74, 6) is 1.79. The number of thioether (sulfide) groups is 2. The van der Waals surface area contributed by atoms with Crippen LogP contribution in [-0.2, 0) is 9.53 Å². The molecule has 4 heteroatoms. The van der Waals surface area contributed by atoms with Gasteiger partial charge in [0.1, 0.15) is 0 Å². The molecule has 0 saturated heterocycles. The Morgan fingerprint density at radius 1 is 1.21 bits per heavy atom. The smallest absolute Gasteiger partial charge is 0.332 e. The predicted molar refractivity (Wildman–Crippen MR) is 65.9 cm³/mol.